The van der Waals surface area contributed by atoms with Crippen molar-refractivity contribution < 1.29 is 19.8 Å². The van der Waals surface area contributed by atoms with Crippen molar-refractivity contribution >= 4 is 11.9 Å². The van der Waals surface area contributed by atoms with Crippen LogP contribution in [0.2, 0.25) is 0 Å². The van der Waals surface area contributed by atoms with Crippen LogP contribution in [-0.4, -0.2) is 22.2 Å². The molecular formula is C18H28O4. The molecule has 2 unspecified atom stereocenters. The molecular weight excluding hydrogens is 280 g/mol. The van der Waals surface area contributed by atoms with Crippen molar-refractivity contribution in [3.63, 3.8) is 0 Å². The predicted octanol–water partition coefficient (Wildman–Crippen LogP) is 4.25. The van der Waals surface area contributed by atoms with Gasteiger partial charge in [0.2, 0.25) is 0 Å². The van der Waals surface area contributed by atoms with Crippen molar-refractivity contribution in [2.24, 2.45) is 16.7 Å². The fourth-order valence-corrected chi connectivity index (χ4v) is 4.74. The highest BCUT2D eigenvalue weighted by atomic mass is 16.4. The number of carboxylic acids is 2. The fraction of sp³-hybridized carbons (Fsp3) is 0.778. The Morgan fingerprint density at radius 2 is 1.68 bits per heavy atom. The number of carbonyl (C=O) groups is 2. The van der Waals surface area contributed by atoms with E-state index >= 15 is 0 Å². The van der Waals surface area contributed by atoms with Gasteiger partial charge in [-0.25, -0.2) is 0 Å². The average molecular weight is 308 g/mol. The Morgan fingerprint density at radius 1 is 1.05 bits per heavy atom. The van der Waals surface area contributed by atoms with E-state index in [1.807, 2.05) is 19.1 Å². The zero-order valence-corrected chi connectivity index (χ0v) is 13.5. The van der Waals surface area contributed by atoms with E-state index in [-0.39, 0.29) is 5.92 Å². The second kappa shape index (κ2) is 6.84. The summed E-state index contributed by atoms with van der Waals surface area (Å²) in [7, 11) is 0. The summed E-state index contributed by atoms with van der Waals surface area (Å²) in [6, 6.07) is 0. The van der Waals surface area contributed by atoms with Crippen LogP contribution in [0.4, 0.5) is 0 Å². The minimum atomic E-state index is -1.15. The minimum absolute atomic E-state index is 0.0170. The van der Waals surface area contributed by atoms with Crippen LogP contribution in [0.5, 0.6) is 0 Å². The van der Waals surface area contributed by atoms with Crippen molar-refractivity contribution in [1.82, 2.24) is 0 Å². The second-order valence-corrected chi connectivity index (χ2v) is 6.98. The first-order chi connectivity index (χ1) is 10.5. The highest BCUT2D eigenvalue weighted by molar-refractivity contribution is 5.88. The number of aliphatic carboxylic acids is 2. The van der Waals surface area contributed by atoms with Gasteiger partial charge in [-0.3, -0.25) is 9.59 Å². The zero-order valence-electron chi connectivity index (χ0n) is 13.5. The van der Waals surface area contributed by atoms with Gasteiger partial charge in [0.15, 0.2) is 0 Å². The smallest absolute Gasteiger partial charge is 0.311 e. The summed E-state index contributed by atoms with van der Waals surface area (Å²) in [5.74, 6) is -1.84. The molecule has 2 atom stereocenters. The summed E-state index contributed by atoms with van der Waals surface area (Å²) in [6.07, 6.45) is 11.5. The number of unbranched alkanes of at least 4 members (excludes halogenated alkanes) is 1. The van der Waals surface area contributed by atoms with Gasteiger partial charge in [-0.15, -0.1) is 0 Å². The number of hydrogen-bond donors (Lipinski definition) is 2. The first kappa shape index (κ1) is 17.0. The average Bonchev–Trinajstić information content (AvgIpc) is 2.53. The normalized spacial score (nSPS) is 32.8. The van der Waals surface area contributed by atoms with Gasteiger partial charge in [-0.05, 0) is 38.0 Å². The molecule has 2 N–H and O–H groups in total. The maximum Gasteiger partial charge on any atom is 0.311 e. The molecule has 0 aromatic carbocycles. The van der Waals surface area contributed by atoms with Gasteiger partial charge in [-0.1, -0.05) is 51.2 Å². The van der Waals surface area contributed by atoms with Crippen LogP contribution in [-0.2, 0) is 9.59 Å². The van der Waals surface area contributed by atoms with E-state index in [4.69, 9.17) is 0 Å². The molecule has 0 spiro atoms. The molecule has 0 radical (unpaired) electrons. The monoisotopic (exact) mass is 308 g/mol. The van der Waals surface area contributed by atoms with E-state index in [1.165, 1.54) is 0 Å². The summed E-state index contributed by atoms with van der Waals surface area (Å²) >= 11 is 0. The Hall–Kier alpha value is -1.32. The highest BCUT2D eigenvalue weighted by Crippen LogP contribution is 2.59. The van der Waals surface area contributed by atoms with Crippen LogP contribution >= 0.6 is 0 Å². The lowest BCUT2D eigenvalue weighted by Gasteiger charge is -2.51. The van der Waals surface area contributed by atoms with Crippen LogP contribution in [0.25, 0.3) is 0 Å². The third kappa shape index (κ3) is 2.57. The maximum absolute atomic E-state index is 12.4. The molecule has 2 rings (SSSR count). The van der Waals surface area contributed by atoms with Gasteiger partial charge in [-0.2, -0.15) is 0 Å². The van der Waals surface area contributed by atoms with Gasteiger partial charge in [0.05, 0.1) is 10.8 Å². The second-order valence-electron chi connectivity index (χ2n) is 6.98. The molecule has 0 heterocycles. The summed E-state index contributed by atoms with van der Waals surface area (Å²) in [5, 5.41) is 20.2. The lowest BCUT2D eigenvalue weighted by atomic mass is 9.49. The number of carboxylic acid groups (broad SMARTS) is 2. The Kier molecular flexibility index (Phi) is 5.30. The van der Waals surface area contributed by atoms with Gasteiger partial charge in [0, 0.05) is 0 Å². The van der Waals surface area contributed by atoms with Gasteiger partial charge in [0.1, 0.15) is 0 Å². The van der Waals surface area contributed by atoms with Crippen LogP contribution < -0.4 is 0 Å². The van der Waals surface area contributed by atoms with Gasteiger partial charge >= 0.3 is 11.9 Å². The first-order valence-corrected chi connectivity index (χ1v) is 8.63. The Bertz CT molecular complexity index is 450. The number of rotatable bonds is 6. The van der Waals surface area contributed by atoms with Crippen LogP contribution in [0, 0.1) is 16.7 Å². The van der Waals surface area contributed by atoms with Crippen molar-refractivity contribution in [3.05, 3.63) is 12.2 Å². The Morgan fingerprint density at radius 3 is 2.23 bits per heavy atom. The molecule has 4 heteroatoms. The van der Waals surface area contributed by atoms with Crippen molar-refractivity contribution in [2.45, 2.75) is 71.1 Å². The predicted molar refractivity (Wildman–Crippen MR) is 84.6 cm³/mol. The molecule has 0 aliphatic heterocycles. The van der Waals surface area contributed by atoms with E-state index in [0.29, 0.717) is 19.3 Å². The first-order valence-electron chi connectivity index (χ1n) is 8.63. The zero-order chi connectivity index (χ0) is 16.2. The fourth-order valence-electron chi connectivity index (χ4n) is 4.74. The number of hydrogen-bond acceptors (Lipinski definition) is 2. The summed E-state index contributed by atoms with van der Waals surface area (Å²) < 4.78 is 0. The molecule has 0 saturated heterocycles. The van der Waals surface area contributed by atoms with Crippen molar-refractivity contribution in [2.75, 3.05) is 0 Å². The summed E-state index contributed by atoms with van der Waals surface area (Å²) in [4.78, 5) is 24.6. The van der Waals surface area contributed by atoms with E-state index in [1.54, 1.807) is 0 Å². The van der Waals surface area contributed by atoms with Crippen molar-refractivity contribution in [1.29, 1.82) is 0 Å². The van der Waals surface area contributed by atoms with Crippen molar-refractivity contribution in [3.8, 4) is 0 Å². The lowest BCUT2D eigenvalue weighted by Crippen LogP contribution is -2.57. The van der Waals surface area contributed by atoms with Gasteiger partial charge in [0.25, 0.3) is 0 Å². The lowest BCUT2D eigenvalue weighted by molar-refractivity contribution is -0.184. The van der Waals surface area contributed by atoms with Gasteiger partial charge < -0.3 is 10.2 Å². The standard InChI is InChI=1S/C18H28O4/c1-2-3-11-17(15(19)20)12-7-8-13-18(17,16(21)22)14-9-5-4-6-10-14/h7-8,14H,2-6,9-13H2,1H3,(H,19,20)(H,21,22). The molecule has 2 aliphatic rings. The Balaban J connectivity index is 2.51. The van der Waals surface area contributed by atoms with Crippen LogP contribution in [0.15, 0.2) is 12.2 Å². The molecule has 0 amide bonds. The molecule has 0 aromatic rings. The molecule has 0 aromatic heterocycles. The molecule has 2 aliphatic carbocycles. The van der Waals surface area contributed by atoms with E-state index in [2.05, 4.69) is 0 Å². The molecule has 1 fully saturated rings. The van der Waals surface area contributed by atoms with E-state index < -0.39 is 22.8 Å². The molecule has 0 bridgehead atoms. The molecule has 22 heavy (non-hydrogen) atoms. The molecule has 1 saturated carbocycles. The van der Waals surface area contributed by atoms with Crippen LogP contribution in [0.1, 0.15) is 71.1 Å². The van der Waals surface area contributed by atoms with E-state index in [9.17, 15) is 19.8 Å². The molecule has 124 valence electrons. The highest BCUT2D eigenvalue weighted by Gasteiger charge is 2.63. The minimum Gasteiger partial charge on any atom is -0.481 e. The topological polar surface area (TPSA) is 74.6 Å². The summed E-state index contributed by atoms with van der Waals surface area (Å²) in [6.45, 7) is 2.03. The van der Waals surface area contributed by atoms with Crippen LogP contribution in [0.3, 0.4) is 0 Å². The molecule has 4 nitrogen and oxygen atoms in total. The number of allylic oxidation sites excluding steroid dienone is 2. The summed E-state index contributed by atoms with van der Waals surface area (Å²) in [5.41, 5.74) is -2.28. The quantitative estimate of drug-likeness (QED) is 0.719. The largest absolute Gasteiger partial charge is 0.481 e. The van der Waals surface area contributed by atoms with E-state index in [0.717, 1.165) is 44.9 Å². The SMILES string of the molecule is CCCCC1(C(=O)O)CC=CCC1(C(=O)O)C1CCCCC1. The maximum atomic E-state index is 12.4. The third-order valence-corrected chi connectivity index (χ3v) is 5.98. The Labute approximate surface area is 132 Å². The third-order valence-electron chi connectivity index (χ3n) is 5.98.